The minimum atomic E-state index is 0.369. The summed E-state index contributed by atoms with van der Waals surface area (Å²) in [6.07, 6.45) is 6.99. The van der Waals surface area contributed by atoms with Crippen molar-refractivity contribution in [2.75, 3.05) is 5.75 Å². The van der Waals surface area contributed by atoms with E-state index in [9.17, 15) is 0 Å². The number of aromatic amines is 1. The number of H-pyrrole nitrogens is 1. The number of nitrogens with zero attached hydrogens (tertiary/aromatic N) is 1. The Morgan fingerprint density at radius 3 is 3.05 bits per heavy atom. The summed E-state index contributed by atoms with van der Waals surface area (Å²) < 4.78 is 0. The maximum atomic E-state index is 4.21. The van der Waals surface area contributed by atoms with Crippen LogP contribution in [0.3, 0.4) is 0 Å². The lowest BCUT2D eigenvalue weighted by molar-refractivity contribution is 0.574. The van der Waals surface area contributed by atoms with Crippen LogP contribution < -0.4 is 5.32 Å². The monoisotopic (exact) mass is 295 g/mol. The molecule has 2 aromatic heterocycles. The lowest BCUT2D eigenvalue weighted by atomic mass is 10.1. The molecule has 1 fully saturated rings. The summed E-state index contributed by atoms with van der Waals surface area (Å²) in [5, 5.41) is 5.43. The van der Waals surface area contributed by atoms with E-state index in [0.29, 0.717) is 11.4 Å². The molecule has 0 radical (unpaired) electrons. The highest BCUT2D eigenvalue weighted by atomic mass is 32.2. The Labute approximate surface area is 128 Å². The second kappa shape index (κ2) is 5.54. The molecule has 1 aromatic carbocycles. The van der Waals surface area contributed by atoms with Crippen LogP contribution in [0.4, 0.5) is 0 Å². The van der Waals surface area contributed by atoms with Gasteiger partial charge in [0.05, 0.1) is 5.37 Å². The fourth-order valence-corrected chi connectivity index (χ4v) is 4.19. The number of aromatic nitrogens is 2. The fraction of sp³-hybridized carbons (Fsp3) is 0.235. The Bertz CT molecular complexity index is 738. The van der Waals surface area contributed by atoms with Crippen LogP contribution in [0.15, 0.2) is 55.0 Å². The van der Waals surface area contributed by atoms with Gasteiger partial charge in [0.25, 0.3) is 0 Å². The number of para-hydroxylation sites is 1. The van der Waals surface area contributed by atoms with E-state index in [4.69, 9.17) is 0 Å². The van der Waals surface area contributed by atoms with Gasteiger partial charge in [-0.25, -0.2) is 0 Å². The molecular formula is C17H17N3S. The molecule has 1 aliphatic heterocycles. The van der Waals surface area contributed by atoms with E-state index in [0.717, 1.165) is 12.2 Å². The van der Waals surface area contributed by atoms with Crippen LogP contribution in [0.2, 0.25) is 0 Å². The topological polar surface area (TPSA) is 40.7 Å². The smallest absolute Gasteiger partial charge is 0.0807 e. The molecule has 4 rings (SSSR count). The summed E-state index contributed by atoms with van der Waals surface area (Å²) in [5.74, 6) is 1.14. The summed E-state index contributed by atoms with van der Waals surface area (Å²) in [4.78, 5) is 7.57. The number of benzene rings is 1. The highest BCUT2D eigenvalue weighted by molar-refractivity contribution is 7.99. The summed E-state index contributed by atoms with van der Waals surface area (Å²) in [5.41, 5.74) is 3.89. The number of thioether (sulfide) groups is 1. The van der Waals surface area contributed by atoms with Crippen LogP contribution in [-0.2, 0) is 6.42 Å². The third-order valence-corrected chi connectivity index (χ3v) is 5.32. The van der Waals surface area contributed by atoms with Gasteiger partial charge in [0.15, 0.2) is 0 Å². The Morgan fingerprint density at radius 2 is 2.14 bits per heavy atom. The first-order valence-electron chi connectivity index (χ1n) is 7.23. The van der Waals surface area contributed by atoms with Crippen molar-refractivity contribution < 1.29 is 0 Å². The van der Waals surface area contributed by atoms with E-state index in [2.05, 4.69) is 51.8 Å². The van der Waals surface area contributed by atoms with Crippen LogP contribution >= 0.6 is 11.8 Å². The third kappa shape index (κ3) is 2.57. The molecule has 0 spiro atoms. The van der Waals surface area contributed by atoms with Crippen LogP contribution in [0.1, 0.15) is 16.5 Å². The van der Waals surface area contributed by atoms with Crippen molar-refractivity contribution in [1.82, 2.24) is 15.3 Å². The maximum absolute atomic E-state index is 4.21. The number of nitrogens with one attached hydrogen (secondary N) is 2. The minimum Gasteiger partial charge on any atom is -0.361 e. The Hall–Kier alpha value is -1.78. The van der Waals surface area contributed by atoms with Gasteiger partial charge in [-0.3, -0.25) is 10.3 Å². The Balaban J connectivity index is 1.49. The van der Waals surface area contributed by atoms with Gasteiger partial charge in [0.1, 0.15) is 0 Å². The molecule has 3 heterocycles. The highest BCUT2D eigenvalue weighted by Crippen LogP contribution is 2.33. The van der Waals surface area contributed by atoms with Crippen LogP contribution in [0, 0.1) is 0 Å². The van der Waals surface area contributed by atoms with Gasteiger partial charge in [0.2, 0.25) is 0 Å². The van der Waals surface area contributed by atoms with E-state index < -0.39 is 0 Å². The minimum absolute atomic E-state index is 0.369. The average molecular weight is 295 g/mol. The molecule has 2 atom stereocenters. The Kier molecular flexibility index (Phi) is 3.41. The predicted octanol–water partition coefficient (Wildman–Crippen LogP) is 3.51. The first kappa shape index (κ1) is 12.9. The van der Waals surface area contributed by atoms with Gasteiger partial charge in [-0.2, -0.15) is 0 Å². The number of pyridine rings is 1. The SMILES string of the molecule is c1cncc([C@@H]2N[C@H](Cc3c[nH]c4ccccc34)CS2)c1. The van der Waals surface area contributed by atoms with Crippen LogP contribution in [-0.4, -0.2) is 21.8 Å². The maximum Gasteiger partial charge on any atom is 0.0807 e. The van der Waals surface area contributed by atoms with E-state index in [-0.39, 0.29) is 0 Å². The van der Waals surface area contributed by atoms with Crippen molar-refractivity contribution in [3.63, 3.8) is 0 Å². The van der Waals surface area contributed by atoms with Crippen LogP contribution in [0.5, 0.6) is 0 Å². The second-order valence-electron chi connectivity index (χ2n) is 5.43. The summed E-state index contributed by atoms with van der Waals surface area (Å²) in [6, 6.07) is 13.2. The van der Waals surface area contributed by atoms with Crippen molar-refractivity contribution in [1.29, 1.82) is 0 Å². The molecule has 3 aromatic rings. The number of fused-ring (bicyclic) bond motifs is 1. The summed E-state index contributed by atoms with van der Waals surface area (Å²) >= 11 is 1.97. The molecule has 0 saturated carbocycles. The fourth-order valence-electron chi connectivity index (χ4n) is 2.93. The van der Waals surface area contributed by atoms with Gasteiger partial charge >= 0.3 is 0 Å². The number of hydrogen-bond acceptors (Lipinski definition) is 3. The van der Waals surface area contributed by atoms with Crippen molar-refractivity contribution in [3.05, 3.63) is 66.1 Å². The van der Waals surface area contributed by atoms with Crippen molar-refractivity contribution in [2.24, 2.45) is 0 Å². The predicted molar refractivity (Wildman–Crippen MR) is 88.4 cm³/mol. The van der Waals surface area contributed by atoms with E-state index in [1.54, 1.807) is 0 Å². The average Bonchev–Trinajstić information content (AvgIpc) is 3.17. The van der Waals surface area contributed by atoms with Gasteiger partial charge < -0.3 is 4.98 Å². The molecule has 3 nitrogen and oxygen atoms in total. The molecule has 0 aliphatic carbocycles. The zero-order valence-corrected chi connectivity index (χ0v) is 12.4. The first-order valence-corrected chi connectivity index (χ1v) is 8.27. The lowest BCUT2D eigenvalue weighted by Crippen LogP contribution is -2.27. The molecule has 2 N–H and O–H groups in total. The summed E-state index contributed by atoms with van der Waals surface area (Å²) in [7, 11) is 0. The summed E-state index contributed by atoms with van der Waals surface area (Å²) in [6.45, 7) is 0. The quantitative estimate of drug-likeness (QED) is 0.777. The van der Waals surface area contributed by atoms with Gasteiger partial charge in [-0.1, -0.05) is 24.3 Å². The van der Waals surface area contributed by atoms with Gasteiger partial charge in [-0.05, 0) is 29.7 Å². The molecule has 4 heteroatoms. The molecule has 1 aliphatic rings. The normalized spacial score (nSPS) is 21.9. The van der Waals surface area contributed by atoms with Gasteiger partial charge in [0, 0.05) is 41.3 Å². The molecule has 0 bridgehead atoms. The number of hydrogen-bond donors (Lipinski definition) is 2. The zero-order chi connectivity index (χ0) is 14.1. The molecule has 0 unspecified atom stereocenters. The second-order valence-corrected chi connectivity index (χ2v) is 6.57. The number of rotatable bonds is 3. The van der Waals surface area contributed by atoms with E-state index >= 15 is 0 Å². The molecule has 21 heavy (non-hydrogen) atoms. The van der Waals surface area contributed by atoms with E-state index in [1.165, 1.54) is 22.0 Å². The zero-order valence-electron chi connectivity index (χ0n) is 11.6. The van der Waals surface area contributed by atoms with Gasteiger partial charge in [-0.15, -0.1) is 11.8 Å². The van der Waals surface area contributed by atoms with E-state index in [1.807, 2.05) is 30.2 Å². The standard InChI is InChI=1S/C17H17N3S/c1-2-6-16-15(5-1)13(10-19-16)8-14-11-21-17(20-14)12-4-3-7-18-9-12/h1-7,9-10,14,17,19-20H,8,11H2/t14-,17-/m1/s1. The molecule has 1 saturated heterocycles. The molecule has 0 amide bonds. The largest absolute Gasteiger partial charge is 0.361 e. The molecular weight excluding hydrogens is 278 g/mol. The third-order valence-electron chi connectivity index (χ3n) is 3.98. The van der Waals surface area contributed by atoms with Crippen molar-refractivity contribution >= 4 is 22.7 Å². The van der Waals surface area contributed by atoms with Crippen molar-refractivity contribution in [2.45, 2.75) is 17.8 Å². The van der Waals surface area contributed by atoms with Crippen molar-refractivity contribution in [3.8, 4) is 0 Å². The Morgan fingerprint density at radius 1 is 1.19 bits per heavy atom. The molecule has 106 valence electrons. The van der Waals surface area contributed by atoms with Crippen LogP contribution in [0.25, 0.3) is 10.9 Å². The lowest BCUT2D eigenvalue weighted by Gasteiger charge is -2.13. The highest BCUT2D eigenvalue weighted by Gasteiger charge is 2.26. The first-order chi connectivity index (χ1) is 10.4.